The van der Waals surface area contributed by atoms with Gasteiger partial charge in [0.05, 0.1) is 12.7 Å². The van der Waals surface area contributed by atoms with Crippen molar-refractivity contribution in [1.82, 2.24) is 0 Å². The van der Waals surface area contributed by atoms with Gasteiger partial charge in [0, 0.05) is 4.47 Å². The van der Waals surface area contributed by atoms with Crippen LogP contribution in [0, 0.1) is 6.42 Å². The van der Waals surface area contributed by atoms with Crippen molar-refractivity contribution in [2.24, 2.45) is 0 Å². The van der Waals surface area contributed by atoms with E-state index in [2.05, 4.69) is 46.6 Å². The largest absolute Gasteiger partial charge is 0.369 e. The van der Waals surface area contributed by atoms with Crippen molar-refractivity contribution in [3.8, 4) is 0 Å². The van der Waals surface area contributed by atoms with Crippen LogP contribution in [-0.2, 0) is 11.3 Å². The molecule has 1 radical (unpaired) electrons. The Balaban J connectivity index is 2.00. The lowest BCUT2D eigenvalue weighted by Gasteiger charge is -2.16. The molecule has 0 aliphatic carbocycles. The Bertz CT molecular complexity index is 481. The van der Waals surface area contributed by atoms with Crippen LogP contribution >= 0.6 is 15.9 Å². The smallest absolute Gasteiger partial charge is 0.0858 e. The van der Waals surface area contributed by atoms with Crippen LogP contribution in [0.4, 0.5) is 0 Å². The van der Waals surface area contributed by atoms with Crippen molar-refractivity contribution < 1.29 is 4.74 Å². The summed E-state index contributed by atoms with van der Waals surface area (Å²) in [5.74, 6) is 0. The molecule has 1 unspecified atom stereocenters. The molecular weight excluding hydrogens is 288 g/mol. The standard InChI is InChI=1S/C16H16BrO/c1-2-16(14-8-4-3-5-9-14)18-12-13-7-6-10-15(17)11-13/h2-11,16H,12H2,1H3. The second-order valence-corrected chi connectivity index (χ2v) is 5.02. The summed E-state index contributed by atoms with van der Waals surface area (Å²) in [5.41, 5.74) is 2.36. The van der Waals surface area contributed by atoms with E-state index in [0.717, 1.165) is 4.47 Å². The van der Waals surface area contributed by atoms with E-state index in [0.29, 0.717) is 6.61 Å². The molecule has 93 valence electrons. The van der Waals surface area contributed by atoms with E-state index in [9.17, 15) is 0 Å². The highest BCUT2D eigenvalue weighted by atomic mass is 79.9. The molecule has 0 spiro atoms. The van der Waals surface area contributed by atoms with Gasteiger partial charge in [-0.15, -0.1) is 0 Å². The summed E-state index contributed by atoms with van der Waals surface area (Å²) in [5, 5.41) is 0. The number of rotatable bonds is 5. The fraction of sp³-hybridized carbons (Fsp3) is 0.188. The first kappa shape index (κ1) is 13.3. The van der Waals surface area contributed by atoms with Gasteiger partial charge >= 0.3 is 0 Å². The molecule has 0 saturated carbocycles. The molecule has 0 saturated heterocycles. The fourth-order valence-electron chi connectivity index (χ4n) is 1.84. The second kappa shape index (κ2) is 6.72. The molecule has 1 atom stereocenters. The number of hydrogen-bond donors (Lipinski definition) is 0. The normalized spacial score (nSPS) is 12.3. The summed E-state index contributed by atoms with van der Waals surface area (Å²) < 4.78 is 7.03. The molecule has 0 amide bonds. The summed E-state index contributed by atoms with van der Waals surface area (Å²) in [6, 6.07) is 18.5. The van der Waals surface area contributed by atoms with Gasteiger partial charge in [-0.05, 0) is 29.7 Å². The van der Waals surface area contributed by atoms with Crippen LogP contribution in [0.25, 0.3) is 0 Å². The van der Waals surface area contributed by atoms with Crippen molar-refractivity contribution in [3.05, 3.63) is 76.6 Å². The van der Waals surface area contributed by atoms with E-state index >= 15 is 0 Å². The van der Waals surface area contributed by atoms with E-state index in [4.69, 9.17) is 4.74 Å². The zero-order chi connectivity index (χ0) is 12.8. The minimum absolute atomic E-state index is 0.0465. The predicted octanol–water partition coefficient (Wildman–Crippen LogP) is 4.93. The lowest BCUT2D eigenvalue weighted by molar-refractivity contribution is 0.0615. The topological polar surface area (TPSA) is 9.23 Å². The number of benzene rings is 2. The molecule has 2 aromatic rings. The maximum absolute atomic E-state index is 5.94. The van der Waals surface area contributed by atoms with Gasteiger partial charge in [0.25, 0.3) is 0 Å². The zero-order valence-electron chi connectivity index (χ0n) is 10.3. The van der Waals surface area contributed by atoms with E-state index in [1.54, 1.807) is 0 Å². The summed E-state index contributed by atoms with van der Waals surface area (Å²) in [4.78, 5) is 0. The first-order valence-electron chi connectivity index (χ1n) is 6.00. The Morgan fingerprint density at radius 2 is 1.89 bits per heavy atom. The first-order chi connectivity index (χ1) is 8.79. The molecule has 0 bridgehead atoms. The van der Waals surface area contributed by atoms with Crippen molar-refractivity contribution in [2.45, 2.75) is 19.6 Å². The first-order valence-corrected chi connectivity index (χ1v) is 6.79. The number of hydrogen-bond acceptors (Lipinski definition) is 1. The minimum atomic E-state index is 0.0465. The molecule has 18 heavy (non-hydrogen) atoms. The van der Waals surface area contributed by atoms with Gasteiger partial charge in [-0.3, -0.25) is 0 Å². The third-order valence-electron chi connectivity index (χ3n) is 2.75. The number of halogens is 1. The van der Waals surface area contributed by atoms with Crippen LogP contribution < -0.4 is 0 Å². The Kier molecular flexibility index (Phi) is 4.97. The highest BCUT2D eigenvalue weighted by Crippen LogP contribution is 2.22. The molecular formula is C16H16BrO. The van der Waals surface area contributed by atoms with Gasteiger partial charge in [-0.1, -0.05) is 65.3 Å². The summed E-state index contributed by atoms with van der Waals surface area (Å²) in [6.07, 6.45) is 2.12. The van der Waals surface area contributed by atoms with E-state index in [1.165, 1.54) is 11.1 Å². The molecule has 1 nitrogen and oxygen atoms in total. The predicted molar refractivity (Wildman–Crippen MR) is 78.1 cm³/mol. The van der Waals surface area contributed by atoms with E-state index in [-0.39, 0.29) is 6.10 Å². The van der Waals surface area contributed by atoms with Crippen LogP contribution in [0.5, 0.6) is 0 Å². The molecule has 0 N–H and O–H groups in total. The Labute approximate surface area is 117 Å². The SMILES string of the molecule is C[CH]C(OCc1cccc(Br)c1)c1ccccc1. The highest BCUT2D eigenvalue weighted by Gasteiger charge is 2.09. The molecule has 0 aromatic heterocycles. The van der Waals surface area contributed by atoms with Crippen LogP contribution in [0.1, 0.15) is 24.2 Å². The molecule has 2 heteroatoms. The minimum Gasteiger partial charge on any atom is -0.369 e. The molecule has 0 fully saturated rings. The third kappa shape index (κ3) is 3.69. The zero-order valence-corrected chi connectivity index (χ0v) is 11.9. The lowest BCUT2D eigenvalue weighted by atomic mass is 10.1. The molecule has 0 aliphatic rings. The van der Waals surface area contributed by atoms with E-state index < -0.39 is 0 Å². The van der Waals surface area contributed by atoms with Crippen LogP contribution in [0.15, 0.2) is 59.1 Å². The third-order valence-corrected chi connectivity index (χ3v) is 3.24. The van der Waals surface area contributed by atoms with Gasteiger partial charge < -0.3 is 4.74 Å². The quantitative estimate of drug-likeness (QED) is 0.761. The van der Waals surface area contributed by atoms with Crippen molar-refractivity contribution in [2.75, 3.05) is 0 Å². The number of ether oxygens (including phenoxy) is 1. The lowest BCUT2D eigenvalue weighted by Crippen LogP contribution is -2.03. The molecule has 0 aliphatic heterocycles. The van der Waals surface area contributed by atoms with Crippen LogP contribution in [-0.4, -0.2) is 0 Å². The average molecular weight is 304 g/mol. The summed E-state index contributed by atoms with van der Waals surface area (Å²) >= 11 is 3.47. The fourth-order valence-corrected chi connectivity index (χ4v) is 2.29. The van der Waals surface area contributed by atoms with Gasteiger partial charge in [0.2, 0.25) is 0 Å². The highest BCUT2D eigenvalue weighted by molar-refractivity contribution is 9.10. The van der Waals surface area contributed by atoms with Crippen molar-refractivity contribution >= 4 is 15.9 Å². The second-order valence-electron chi connectivity index (χ2n) is 4.11. The van der Waals surface area contributed by atoms with Crippen molar-refractivity contribution in [1.29, 1.82) is 0 Å². The van der Waals surface area contributed by atoms with Gasteiger partial charge in [-0.2, -0.15) is 0 Å². The molecule has 2 aromatic carbocycles. The van der Waals surface area contributed by atoms with E-state index in [1.807, 2.05) is 37.3 Å². The van der Waals surface area contributed by atoms with Gasteiger partial charge in [0.1, 0.15) is 0 Å². The summed E-state index contributed by atoms with van der Waals surface area (Å²) in [6.45, 7) is 2.64. The average Bonchev–Trinajstić information content (AvgIpc) is 2.41. The molecule has 0 heterocycles. The Morgan fingerprint density at radius 1 is 1.11 bits per heavy atom. The van der Waals surface area contributed by atoms with Gasteiger partial charge in [0.15, 0.2) is 0 Å². The maximum Gasteiger partial charge on any atom is 0.0858 e. The van der Waals surface area contributed by atoms with Crippen LogP contribution in [0.3, 0.4) is 0 Å². The van der Waals surface area contributed by atoms with Crippen molar-refractivity contribution in [3.63, 3.8) is 0 Å². The Morgan fingerprint density at radius 3 is 2.56 bits per heavy atom. The Hall–Kier alpha value is -1.12. The van der Waals surface area contributed by atoms with Crippen LogP contribution in [0.2, 0.25) is 0 Å². The monoisotopic (exact) mass is 303 g/mol. The molecule has 2 rings (SSSR count). The summed E-state index contributed by atoms with van der Waals surface area (Å²) in [7, 11) is 0. The maximum atomic E-state index is 5.94. The van der Waals surface area contributed by atoms with Gasteiger partial charge in [-0.25, -0.2) is 0 Å².